The van der Waals surface area contributed by atoms with E-state index < -0.39 is 0 Å². The molecule has 0 saturated carbocycles. The average molecular weight is 403 g/mol. The summed E-state index contributed by atoms with van der Waals surface area (Å²) in [7, 11) is 1.53. The molecule has 0 spiro atoms. The Hall–Kier alpha value is -2.15. The number of halogens is 1. The zero-order valence-corrected chi connectivity index (χ0v) is 17.7. The normalized spacial score (nSPS) is 24.8. The molecule has 1 aromatic heterocycles. The van der Waals surface area contributed by atoms with Crippen molar-refractivity contribution in [2.45, 2.75) is 70.5 Å². The molecule has 0 radical (unpaired) electrons. The maximum atomic E-state index is 14.2. The van der Waals surface area contributed by atoms with E-state index in [0.29, 0.717) is 41.3 Å². The molecule has 2 bridgehead atoms. The molecule has 1 aromatic carbocycles. The number of carbonyl (C=O) groups is 1. The number of hydrogen-bond donors (Lipinski definition) is 2. The Balaban J connectivity index is 1.41. The van der Waals surface area contributed by atoms with Crippen LogP contribution in [0.1, 0.15) is 52.3 Å². The summed E-state index contributed by atoms with van der Waals surface area (Å²) in [4.78, 5) is 22.5. The van der Waals surface area contributed by atoms with Crippen LogP contribution >= 0.6 is 0 Å². The third-order valence-corrected chi connectivity index (χ3v) is 6.10. The number of rotatable bonds is 5. The summed E-state index contributed by atoms with van der Waals surface area (Å²) >= 11 is 0. The van der Waals surface area contributed by atoms with E-state index in [9.17, 15) is 9.18 Å². The standard InChI is InChI=1S/C22H31FN4O2/c1-22(2,3)26-20(28)12-27-14-5-6-15(27)8-13(7-14)9-19-24-18-11-16(29-4)10-17(23)21(18)25-19/h10-11,13-15H,5-9,12H2,1-4H3,(H,24,25)(H,26,28)/t13-,14-,15+. The molecule has 2 N–H and O–H groups in total. The molecule has 0 unspecified atom stereocenters. The number of piperidine rings is 1. The molecule has 4 rings (SSSR count). The summed E-state index contributed by atoms with van der Waals surface area (Å²) in [6, 6.07) is 4.06. The topological polar surface area (TPSA) is 70.2 Å². The van der Waals surface area contributed by atoms with E-state index in [1.165, 1.54) is 13.2 Å². The summed E-state index contributed by atoms with van der Waals surface area (Å²) in [6.45, 7) is 6.52. The van der Waals surface area contributed by atoms with Gasteiger partial charge in [0.1, 0.15) is 17.1 Å². The third-order valence-electron chi connectivity index (χ3n) is 6.10. The molecule has 6 nitrogen and oxygen atoms in total. The van der Waals surface area contributed by atoms with Gasteiger partial charge in [0.25, 0.3) is 0 Å². The lowest BCUT2D eigenvalue weighted by Crippen LogP contribution is -2.51. The van der Waals surface area contributed by atoms with Gasteiger partial charge in [-0.1, -0.05) is 0 Å². The van der Waals surface area contributed by atoms with Crippen molar-refractivity contribution in [1.29, 1.82) is 0 Å². The summed E-state index contributed by atoms with van der Waals surface area (Å²) in [5.41, 5.74) is 0.851. The molecule has 7 heteroatoms. The minimum atomic E-state index is -0.360. The van der Waals surface area contributed by atoms with Crippen LogP contribution in [0, 0.1) is 11.7 Å². The number of aromatic nitrogens is 2. The number of carbonyl (C=O) groups excluding carboxylic acids is 1. The van der Waals surface area contributed by atoms with Crippen molar-refractivity contribution in [3.63, 3.8) is 0 Å². The van der Waals surface area contributed by atoms with Crippen LogP contribution in [-0.4, -0.2) is 52.1 Å². The molecular formula is C22H31FN4O2. The highest BCUT2D eigenvalue weighted by molar-refractivity contribution is 5.79. The van der Waals surface area contributed by atoms with Gasteiger partial charge in [0, 0.05) is 36.2 Å². The number of benzene rings is 1. The first-order chi connectivity index (χ1) is 13.7. The maximum Gasteiger partial charge on any atom is 0.234 e. The van der Waals surface area contributed by atoms with Crippen LogP contribution in [0.25, 0.3) is 11.0 Å². The molecule has 2 aromatic rings. The minimum Gasteiger partial charge on any atom is -0.497 e. The van der Waals surface area contributed by atoms with Gasteiger partial charge in [0.15, 0.2) is 5.82 Å². The van der Waals surface area contributed by atoms with Gasteiger partial charge in [0.2, 0.25) is 5.91 Å². The molecule has 0 aliphatic carbocycles. The van der Waals surface area contributed by atoms with E-state index in [0.717, 1.165) is 37.9 Å². The van der Waals surface area contributed by atoms with Crippen molar-refractivity contribution >= 4 is 16.9 Å². The smallest absolute Gasteiger partial charge is 0.234 e. The van der Waals surface area contributed by atoms with Crippen LogP contribution in [0.15, 0.2) is 12.1 Å². The number of imidazole rings is 1. The van der Waals surface area contributed by atoms with Gasteiger partial charge in [0.05, 0.1) is 19.2 Å². The van der Waals surface area contributed by atoms with E-state index in [2.05, 4.69) is 20.2 Å². The van der Waals surface area contributed by atoms with Crippen molar-refractivity contribution in [2.75, 3.05) is 13.7 Å². The quantitative estimate of drug-likeness (QED) is 0.804. The van der Waals surface area contributed by atoms with Crippen molar-refractivity contribution in [3.05, 3.63) is 23.8 Å². The third kappa shape index (κ3) is 4.39. The van der Waals surface area contributed by atoms with E-state index in [-0.39, 0.29) is 17.3 Å². The fourth-order valence-electron chi connectivity index (χ4n) is 5.02. The Morgan fingerprint density at radius 1 is 1.31 bits per heavy atom. The van der Waals surface area contributed by atoms with Crippen molar-refractivity contribution < 1.29 is 13.9 Å². The Labute approximate surface area is 171 Å². The van der Waals surface area contributed by atoms with Crippen LogP contribution in [0.3, 0.4) is 0 Å². The van der Waals surface area contributed by atoms with E-state index in [1.54, 1.807) is 6.07 Å². The van der Waals surface area contributed by atoms with Gasteiger partial charge >= 0.3 is 0 Å². The first-order valence-electron chi connectivity index (χ1n) is 10.5. The minimum absolute atomic E-state index is 0.106. The highest BCUT2D eigenvalue weighted by atomic mass is 19.1. The number of fused-ring (bicyclic) bond motifs is 3. The molecule has 1 amide bonds. The van der Waals surface area contributed by atoms with E-state index >= 15 is 0 Å². The Bertz CT molecular complexity index is 890. The van der Waals surface area contributed by atoms with Crippen LogP contribution in [0.2, 0.25) is 0 Å². The predicted octanol–water partition coefficient (Wildman–Crippen LogP) is 3.41. The fraction of sp³-hybridized carbons (Fsp3) is 0.636. The van der Waals surface area contributed by atoms with E-state index in [1.807, 2.05) is 20.8 Å². The lowest BCUT2D eigenvalue weighted by molar-refractivity contribution is -0.125. The molecule has 2 aliphatic heterocycles. The second-order valence-corrected chi connectivity index (χ2v) is 9.59. The number of nitrogens with one attached hydrogen (secondary N) is 2. The van der Waals surface area contributed by atoms with Gasteiger partial charge in [-0.2, -0.15) is 0 Å². The van der Waals surface area contributed by atoms with Crippen LogP contribution in [0.4, 0.5) is 4.39 Å². The van der Waals surface area contributed by atoms with E-state index in [4.69, 9.17) is 4.74 Å². The van der Waals surface area contributed by atoms with Crippen molar-refractivity contribution in [3.8, 4) is 5.75 Å². The summed E-state index contributed by atoms with van der Waals surface area (Å²) < 4.78 is 19.4. The monoisotopic (exact) mass is 402 g/mol. The van der Waals surface area contributed by atoms with Gasteiger partial charge in [-0.25, -0.2) is 9.37 Å². The Morgan fingerprint density at radius 3 is 2.62 bits per heavy atom. The second-order valence-electron chi connectivity index (χ2n) is 9.59. The molecular weight excluding hydrogens is 371 g/mol. The molecule has 29 heavy (non-hydrogen) atoms. The molecule has 3 atom stereocenters. The van der Waals surface area contributed by atoms with Crippen LogP contribution in [0.5, 0.6) is 5.75 Å². The predicted molar refractivity (Wildman–Crippen MR) is 110 cm³/mol. The summed E-state index contributed by atoms with van der Waals surface area (Å²) in [6.07, 6.45) is 5.22. The van der Waals surface area contributed by atoms with Crippen LogP contribution in [-0.2, 0) is 11.2 Å². The molecule has 2 aliphatic rings. The Morgan fingerprint density at radius 2 is 2.00 bits per heavy atom. The zero-order chi connectivity index (χ0) is 20.8. The first kappa shape index (κ1) is 20.1. The SMILES string of the molecule is COc1cc(F)c2nc(C[C@@H]3C[C@H]4CC[C@@H](C3)N4CC(=O)NC(C)(C)C)[nH]c2c1. The zero-order valence-electron chi connectivity index (χ0n) is 17.7. The van der Waals surface area contributed by atoms with Crippen LogP contribution < -0.4 is 10.1 Å². The highest BCUT2D eigenvalue weighted by Crippen LogP contribution is 2.39. The summed E-state index contributed by atoms with van der Waals surface area (Å²) in [5, 5.41) is 3.07. The largest absolute Gasteiger partial charge is 0.497 e. The van der Waals surface area contributed by atoms with Gasteiger partial charge < -0.3 is 15.0 Å². The lowest BCUT2D eigenvalue weighted by atomic mass is 9.88. The second kappa shape index (κ2) is 7.59. The first-order valence-corrected chi connectivity index (χ1v) is 10.5. The highest BCUT2D eigenvalue weighted by Gasteiger charge is 2.41. The molecule has 158 valence electrons. The number of H-pyrrole nitrogens is 1. The van der Waals surface area contributed by atoms with Gasteiger partial charge in [-0.3, -0.25) is 9.69 Å². The average Bonchev–Trinajstić information content (AvgIpc) is 3.11. The lowest BCUT2D eigenvalue weighted by Gasteiger charge is -2.38. The molecule has 2 saturated heterocycles. The number of nitrogens with zero attached hydrogens (tertiary/aromatic N) is 2. The number of ether oxygens (including phenoxy) is 1. The number of hydrogen-bond acceptors (Lipinski definition) is 4. The van der Waals surface area contributed by atoms with Crippen molar-refractivity contribution in [1.82, 2.24) is 20.2 Å². The molecule has 2 fully saturated rings. The van der Waals surface area contributed by atoms with Crippen molar-refractivity contribution in [2.24, 2.45) is 5.92 Å². The molecule has 3 heterocycles. The Kier molecular flexibility index (Phi) is 5.27. The maximum absolute atomic E-state index is 14.2. The fourth-order valence-corrected chi connectivity index (χ4v) is 5.02. The van der Waals surface area contributed by atoms with Gasteiger partial charge in [-0.15, -0.1) is 0 Å². The van der Waals surface area contributed by atoms with Gasteiger partial charge in [-0.05, 0) is 52.4 Å². The number of methoxy groups -OCH3 is 1. The number of amides is 1. The summed E-state index contributed by atoms with van der Waals surface area (Å²) in [5.74, 6) is 1.57. The number of aromatic amines is 1.